The van der Waals surface area contributed by atoms with E-state index in [2.05, 4.69) is 17.3 Å². The average molecular weight is 276 g/mol. The van der Waals surface area contributed by atoms with Crippen molar-refractivity contribution in [2.75, 3.05) is 13.1 Å². The van der Waals surface area contributed by atoms with Crippen LogP contribution >= 0.6 is 11.6 Å². The largest absolute Gasteiger partial charge is 0.316 e. The molecule has 1 N–H and O–H groups in total. The molecule has 3 nitrogen and oxygen atoms in total. The van der Waals surface area contributed by atoms with Crippen molar-refractivity contribution in [2.24, 2.45) is 0 Å². The Hall–Kier alpha value is -1.32. The standard InChI is InChI=1S/C15H18ClN3/c1-11-15(12-4-3-7-17-9-12)10-18-19(11)14-6-2-5-13(16)8-14/h2,5-6,8,10,12,17H,3-4,7,9H2,1H3. The summed E-state index contributed by atoms with van der Waals surface area (Å²) in [6.45, 7) is 4.33. The number of hydrogen-bond donors (Lipinski definition) is 1. The highest BCUT2D eigenvalue weighted by atomic mass is 35.5. The lowest BCUT2D eigenvalue weighted by atomic mass is 9.92. The third-order valence-corrected chi connectivity index (χ3v) is 4.07. The molecule has 1 fully saturated rings. The molecule has 1 unspecified atom stereocenters. The molecule has 0 radical (unpaired) electrons. The van der Waals surface area contributed by atoms with Crippen molar-refractivity contribution < 1.29 is 0 Å². The third kappa shape index (κ3) is 2.53. The van der Waals surface area contributed by atoms with Gasteiger partial charge in [0.15, 0.2) is 0 Å². The molecular weight excluding hydrogens is 258 g/mol. The molecule has 1 aromatic heterocycles. The molecule has 0 saturated carbocycles. The molecule has 1 atom stereocenters. The second kappa shape index (κ2) is 5.35. The van der Waals surface area contributed by atoms with E-state index < -0.39 is 0 Å². The van der Waals surface area contributed by atoms with Gasteiger partial charge >= 0.3 is 0 Å². The molecule has 2 aromatic rings. The number of halogens is 1. The van der Waals surface area contributed by atoms with Crippen LogP contribution in [0.3, 0.4) is 0 Å². The van der Waals surface area contributed by atoms with Gasteiger partial charge in [0.2, 0.25) is 0 Å². The van der Waals surface area contributed by atoms with Crippen LogP contribution in [0.5, 0.6) is 0 Å². The molecule has 0 aliphatic carbocycles. The van der Waals surface area contributed by atoms with Gasteiger partial charge in [0, 0.05) is 17.3 Å². The smallest absolute Gasteiger partial charge is 0.0663 e. The maximum atomic E-state index is 6.05. The lowest BCUT2D eigenvalue weighted by molar-refractivity contribution is 0.460. The van der Waals surface area contributed by atoms with E-state index in [0.717, 1.165) is 23.8 Å². The Morgan fingerprint density at radius 2 is 2.32 bits per heavy atom. The summed E-state index contributed by atoms with van der Waals surface area (Å²) in [7, 11) is 0. The van der Waals surface area contributed by atoms with E-state index in [1.807, 2.05) is 35.1 Å². The summed E-state index contributed by atoms with van der Waals surface area (Å²) in [5.74, 6) is 0.585. The highest BCUT2D eigenvalue weighted by Crippen LogP contribution is 2.27. The van der Waals surface area contributed by atoms with Gasteiger partial charge in [-0.3, -0.25) is 0 Å². The van der Waals surface area contributed by atoms with E-state index >= 15 is 0 Å². The Morgan fingerprint density at radius 1 is 1.42 bits per heavy atom. The quantitative estimate of drug-likeness (QED) is 0.911. The molecule has 4 heteroatoms. The van der Waals surface area contributed by atoms with Crippen LogP contribution in [0.4, 0.5) is 0 Å². The van der Waals surface area contributed by atoms with Gasteiger partial charge in [0.25, 0.3) is 0 Å². The molecule has 19 heavy (non-hydrogen) atoms. The Kier molecular flexibility index (Phi) is 3.58. The van der Waals surface area contributed by atoms with Crippen LogP contribution in [0.15, 0.2) is 30.5 Å². The number of aromatic nitrogens is 2. The van der Waals surface area contributed by atoms with Gasteiger partial charge in [-0.1, -0.05) is 17.7 Å². The summed E-state index contributed by atoms with van der Waals surface area (Å²) in [4.78, 5) is 0. The van der Waals surface area contributed by atoms with Gasteiger partial charge in [0.1, 0.15) is 0 Å². The number of rotatable bonds is 2. The van der Waals surface area contributed by atoms with Crippen molar-refractivity contribution in [1.82, 2.24) is 15.1 Å². The Morgan fingerprint density at radius 3 is 3.05 bits per heavy atom. The second-order valence-electron chi connectivity index (χ2n) is 5.12. The van der Waals surface area contributed by atoms with Crippen LogP contribution < -0.4 is 5.32 Å². The van der Waals surface area contributed by atoms with Crippen LogP contribution in [0.25, 0.3) is 5.69 Å². The lowest BCUT2D eigenvalue weighted by Crippen LogP contribution is -2.28. The zero-order valence-corrected chi connectivity index (χ0v) is 11.8. The molecular formula is C15H18ClN3. The fourth-order valence-electron chi connectivity index (χ4n) is 2.81. The SMILES string of the molecule is Cc1c(C2CCCNC2)cnn1-c1cccc(Cl)c1. The van der Waals surface area contributed by atoms with Crippen molar-refractivity contribution in [3.05, 3.63) is 46.7 Å². The fraction of sp³-hybridized carbons (Fsp3) is 0.400. The van der Waals surface area contributed by atoms with Gasteiger partial charge in [-0.2, -0.15) is 5.10 Å². The Labute approximate surface area is 118 Å². The lowest BCUT2D eigenvalue weighted by Gasteiger charge is -2.22. The number of nitrogens with one attached hydrogen (secondary N) is 1. The third-order valence-electron chi connectivity index (χ3n) is 3.84. The van der Waals surface area contributed by atoms with E-state index in [1.54, 1.807) is 0 Å². The second-order valence-corrected chi connectivity index (χ2v) is 5.56. The first kappa shape index (κ1) is 12.7. The van der Waals surface area contributed by atoms with Crippen LogP contribution in [0, 0.1) is 6.92 Å². The van der Waals surface area contributed by atoms with E-state index in [4.69, 9.17) is 11.6 Å². The van der Waals surface area contributed by atoms with Crippen molar-refractivity contribution in [1.29, 1.82) is 0 Å². The first-order chi connectivity index (χ1) is 9.25. The van der Waals surface area contributed by atoms with E-state index in [-0.39, 0.29) is 0 Å². The fourth-order valence-corrected chi connectivity index (χ4v) is 2.99. The Bertz CT molecular complexity index is 571. The van der Waals surface area contributed by atoms with Gasteiger partial charge in [-0.05, 0) is 56.0 Å². The Balaban J connectivity index is 1.94. The van der Waals surface area contributed by atoms with Crippen molar-refractivity contribution in [2.45, 2.75) is 25.7 Å². The molecule has 0 amide bonds. The molecule has 0 bridgehead atoms. The number of nitrogens with zero attached hydrogens (tertiary/aromatic N) is 2. The van der Waals surface area contributed by atoms with Gasteiger partial charge in [-0.25, -0.2) is 4.68 Å². The predicted octanol–water partition coefficient (Wildman–Crippen LogP) is 3.30. The molecule has 1 aliphatic rings. The maximum Gasteiger partial charge on any atom is 0.0663 e. The minimum absolute atomic E-state index is 0.585. The van der Waals surface area contributed by atoms with Crippen LogP contribution in [-0.4, -0.2) is 22.9 Å². The van der Waals surface area contributed by atoms with Crippen LogP contribution in [0.1, 0.15) is 30.0 Å². The summed E-state index contributed by atoms with van der Waals surface area (Å²) in [6.07, 6.45) is 4.50. The van der Waals surface area contributed by atoms with Gasteiger partial charge in [0.05, 0.1) is 11.9 Å². The molecule has 1 aromatic carbocycles. The topological polar surface area (TPSA) is 29.9 Å². The van der Waals surface area contributed by atoms with Crippen molar-refractivity contribution in [3.8, 4) is 5.69 Å². The van der Waals surface area contributed by atoms with E-state index in [1.165, 1.54) is 24.1 Å². The summed E-state index contributed by atoms with van der Waals surface area (Å²) in [6, 6.07) is 7.83. The summed E-state index contributed by atoms with van der Waals surface area (Å²) in [5.41, 5.74) is 3.60. The van der Waals surface area contributed by atoms with Gasteiger partial charge < -0.3 is 5.32 Å². The summed E-state index contributed by atoms with van der Waals surface area (Å²) >= 11 is 6.05. The molecule has 2 heterocycles. The molecule has 1 saturated heterocycles. The monoisotopic (exact) mass is 275 g/mol. The first-order valence-corrected chi connectivity index (χ1v) is 7.14. The van der Waals surface area contributed by atoms with Crippen LogP contribution in [-0.2, 0) is 0 Å². The zero-order chi connectivity index (χ0) is 13.2. The van der Waals surface area contributed by atoms with Gasteiger partial charge in [-0.15, -0.1) is 0 Å². The van der Waals surface area contributed by atoms with E-state index in [0.29, 0.717) is 5.92 Å². The maximum absolute atomic E-state index is 6.05. The highest BCUT2D eigenvalue weighted by Gasteiger charge is 2.20. The summed E-state index contributed by atoms with van der Waals surface area (Å²) < 4.78 is 1.98. The minimum Gasteiger partial charge on any atom is -0.316 e. The minimum atomic E-state index is 0.585. The summed E-state index contributed by atoms with van der Waals surface area (Å²) in [5, 5.41) is 8.74. The molecule has 100 valence electrons. The first-order valence-electron chi connectivity index (χ1n) is 6.77. The molecule has 0 spiro atoms. The highest BCUT2D eigenvalue weighted by molar-refractivity contribution is 6.30. The van der Waals surface area contributed by atoms with E-state index in [9.17, 15) is 0 Å². The molecule has 3 rings (SSSR count). The van der Waals surface area contributed by atoms with Crippen molar-refractivity contribution in [3.63, 3.8) is 0 Å². The predicted molar refractivity (Wildman–Crippen MR) is 78.2 cm³/mol. The number of piperidine rings is 1. The normalized spacial score (nSPS) is 19.6. The average Bonchev–Trinajstić information content (AvgIpc) is 2.81. The number of hydrogen-bond acceptors (Lipinski definition) is 2. The van der Waals surface area contributed by atoms with Crippen LogP contribution in [0.2, 0.25) is 5.02 Å². The molecule has 1 aliphatic heterocycles. The zero-order valence-electron chi connectivity index (χ0n) is 11.1. The van der Waals surface area contributed by atoms with Crippen molar-refractivity contribution >= 4 is 11.6 Å². The number of benzene rings is 1.